The molecule has 0 heterocycles. The van der Waals surface area contributed by atoms with Gasteiger partial charge in [0.1, 0.15) is 0 Å². The van der Waals surface area contributed by atoms with Crippen molar-refractivity contribution in [2.24, 2.45) is 23.0 Å². The highest BCUT2D eigenvalue weighted by molar-refractivity contribution is 5.92. The van der Waals surface area contributed by atoms with Gasteiger partial charge in [0.25, 0.3) is 0 Å². The lowest BCUT2D eigenvalue weighted by molar-refractivity contribution is -0.134. The molecule has 2 aliphatic rings. The van der Waals surface area contributed by atoms with Crippen LogP contribution in [-0.4, -0.2) is 29.8 Å². The average molecular weight is 372 g/mol. The number of nitrogens with zero attached hydrogens (tertiary/aromatic N) is 1. The van der Waals surface area contributed by atoms with Gasteiger partial charge in [-0.05, 0) is 55.3 Å². The zero-order chi connectivity index (χ0) is 19.4. The SMILES string of the molecule is CC(C)(CN)CN(Cc1cccc(NC(=O)C2CCCC2)c1)C(=O)C1CC1. The number of carbonyl (C=O) groups excluding carboxylic acids is 2. The maximum absolute atomic E-state index is 12.8. The van der Waals surface area contributed by atoms with E-state index < -0.39 is 0 Å². The monoisotopic (exact) mass is 371 g/mol. The third-order valence-corrected chi connectivity index (χ3v) is 5.70. The fourth-order valence-electron chi connectivity index (χ4n) is 3.78. The minimum atomic E-state index is -0.112. The number of amides is 2. The first-order valence-electron chi connectivity index (χ1n) is 10.3. The second-order valence-electron chi connectivity index (χ2n) is 9.01. The number of nitrogens with one attached hydrogen (secondary N) is 1. The van der Waals surface area contributed by atoms with Crippen molar-refractivity contribution >= 4 is 17.5 Å². The topological polar surface area (TPSA) is 75.4 Å². The summed E-state index contributed by atoms with van der Waals surface area (Å²) in [5.74, 6) is 0.688. The lowest BCUT2D eigenvalue weighted by Crippen LogP contribution is -2.42. The lowest BCUT2D eigenvalue weighted by Gasteiger charge is -2.32. The summed E-state index contributed by atoms with van der Waals surface area (Å²) in [7, 11) is 0. The molecule has 148 valence electrons. The molecule has 0 spiro atoms. The molecule has 0 unspecified atom stereocenters. The normalized spacial score (nSPS) is 17.7. The predicted molar refractivity (Wildman–Crippen MR) is 108 cm³/mol. The Morgan fingerprint density at radius 2 is 1.85 bits per heavy atom. The van der Waals surface area contributed by atoms with E-state index >= 15 is 0 Å². The van der Waals surface area contributed by atoms with Crippen LogP contribution >= 0.6 is 0 Å². The third-order valence-electron chi connectivity index (χ3n) is 5.70. The van der Waals surface area contributed by atoms with Gasteiger partial charge in [0.2, 0.25) is 11.8 Å². The molecule has 3 rings (SSSR count). The lowest BCUT2D eigenvalue weighted by atomic mass is 9.92. The number of anilines is 1. The van der Waals surface area contributed by atoms with Gasteiger partial charge in [-0.1, -0.05) is 38.8 Å². The Balaban J connectivity index is 1.67. The van der Waals surface area contributed by atoms with Gasteiger partial charge in [-0.3, -0.25) is 9.59 Å². The summed E-state index contributed by atoms with van der Waals surface area (Å²) in [6.07, 6.45) is 6.26. The molecule has 5 nitrogen and oxygen atoms in total. The van der Waals surface area contributed by atoms with Crippen molar-refractivity contribution in [2.45, 2.75) is 58.9 Å². The van der Waals surface area contributed by atoms with Crippen molar-refractivity contribution in [1.29, 1.82) is 0 Å². The van der Waals surface area contributed by atoms with Crippen molar-refractivity contribution < 1.29 is 9.59 Å². The summed E-state index contributed by atoms with van der Waals surface area (Å²) in [4.78, 5) is 27.1. The first kappa shape index (κ1) is 19.9. The Hall–Kier alpha value is -1.88. The van der Waals surface area contributed by atoms with Crippen molar-refractivity contribution in [1.82, 2.24) is 4.90 Å². The van der Waals surface area contributed by atoms with Gasteiger partial charge >= 0.3 is 0 Å². The van der Waals surface area contributed by atoms with E-state index in [2.05, 4.69) is 19.2 Å². The van der Waals surface area contributed by atoms with E-state index in [1.807, 2.05) is 29.2 Å². The Morgan fingerprint density at radius 1 is 1.15 bits per heavy atom. The first-order valence-corrected chi connectivity index (χ1v) is 10.3. The second kappa shape index (κ2) is 8.42. The van der Waals surface area contributed by atoms with Crippen LogP contribution in [0.25, 0.3) is 0 Å². The van der Waals surface area contributed by atoms with Crippen molar-refractivity contribution in [3.05, 3.63) is 29.8 Å². The van der Waals surface area contributed by atoms with Crippen LogP contribution in [-0.2, 0) is 16.1 Å². The second-order valence-corrected chi connectivity index (χ2v) is 9.01. The molecular formula is C22H33N3O2. The molecule has 1 aromatic carbocycles. The van der Waals surface area contributed by atoms with Crippen molar-refractivity contribution in [2.75, 3.05) is 18.4 Å². The number of hydrogen-bond donors (Lipinski definition) is 2. The number of rotatable bonds is 8. The average Bonchev–Trinajstić information content (AvgIpc) is 3.34. The number of hydrogen-bond acceptors (Lipinski definition) is 3. The van der Waals surface area contributed by atoms with Gasteiger partial charge in [0, 0.05) is 30.6 Å². The minimum absolute atomic E-state index is 0.112. The molecule has 0 radical (unpaired) electrons. The maximum Gasteiger partial charge on any atom is 0.227 e. The molecule has 2 saturated carbocycles. The highest BCUT2D eigenvalue weighted by Gasteiger charge is 2.35. The number of benzene rings is 1. The molecule has 0 atom stereocenters. The van der Waals surface area contributed by atoms with Crippen LogP contribution in [0.5, 0.6) is 0 Å². The third kappa shape index (κ3) is 5.55. The quantitative estimate of drug-likeness (QED) is 0.734. The fraction of sp³-hybridized carbons (Fsp3) is 0.636. The van der Waals surface area contributed by atoms with Crippen LogP contribution in [0.4, 0.5) is 5.69 Å². The molecule has 2 amide bonds. The van der Waals surface area contributed by atoms with Gasteiger partial charge in [0.05, 0.1) is 0 Å². The van der Waals surface area contributed by atoms with Gasteiger partial charge < -0.3 is 16.0 Å². The summed E-state index contributed by atoms with van der Waals surface area (Å²) >= 11 is 0. The van der Waals surface area contributed by atoms with Crippen LogP contribution in [0.3, 0.4) is 0 Å². The highest BCUT2D eigenvalue weighted by atomic mass is 16.2. The molecule has 0 bridgehead atoms. The van der Waals surface area contributed by atoms with Gasteiger partial charge in [-0.15, -0.1) is 0 Å². The van der Waals surface area contributed by atoms with E-state index in [1.54, 1.807) is 0 Å². The molecule has 0 aromatic heterocycles. The molecule has 2 aliphatic carbocycles. The van der Waals surface area contributed by atoms with E-state index in [4.69, 9.17) is 5.73 Å². The Kier molecular flexibility index (Phi) is 6.20. The smallest absolute Gasteiger partial charge is 0.227 e. The van der Waals surface area contributed by atoms with Crippen molar-refractivity contribution in [3.8, 4) is 0 Å². The van der Waals surface area contributed by atoms with Crippen LogP contribution < -0.4 is 11.1 Å². The summed E-state index contributed by atoms with van der Waals surface area (Å²) < 4.78 is 0. The maximum atomic E-state index is 12.8. The number of nitrogens with two attached hydrogens (primary N) is 1. The van der Waals surface area contributed by atoms with Crippen LogP contribution in [0.2, 0.25) is 0 Å². The summed E-state index contributed by atoms with van der Waals surface area (Å²) in [5.41, 5.74) is 7.64. The van der Waals surface area contributed by atoms with Crippen LogP contribution in [0, 0.1) is 17.3 Å². The van der Waals surface area contributed by atoms with Crippen LogP contribution in [0.1, 0.15) is 57.9 Å². The minimum Gasteiger partial charge on any atom is -0.338 e. The number of carbonyl (C=O) groups is 2. The van der Waals surface area contributed by atoms with Gasteiger partial charge in [-0.2, -0.15) is 0 Å². The standard InChI is InChI=1S/C22H33N3O2/c1-22(2,14-23)15-25(21(27)18-10-11-18)13-16-6-5-9-19(12-16)24-20(26)17-7-3-4-8-17/h5-6,9,12,17-18H,3-4,7-8,10-11,13-15,23H2,1-2H3,(H,24,26). The molecule has 2 fully saturated rings. The van der Waals surface area contributed by atoms with Crippen molar-refractivity contribution in [3.63, 3.8) is 0 Å². The first-order chi connectivity index (χ1) is 12.9. The van der Waals surface area contributed by atoms with Gasteiger partial charge in [0.15, 0.2) is 0 Å². The summed E-state index contributed by atoms with van der Waals surface area (Å²) in [6, 6.07) is 7.89. The van der Waals surface area contributed by atoms with Crippen LogP contribution in [0.15, 0.2) is 24.3 Å². The highest BCUT2D eigenvalue weighted by Crippen LogP contribution is 2.33. The Morgan fingerprint density at radius 3 is 2.48 bits per heavy atom. The molecule has 5 heteroatoms. The molecular weight excluding hydrogens is 338 g/mol. The van der Waals surface area contributed by atoms with Gasteiger partial charge in [-0.25, -0.2) is 0 Å². The zero-order valence-corrected chi connectivity index (χ0v) is 16.7. The molecule has 0 saturated heterocycles. The predicted octanol–water partition coefficient (Wildman–Crippen LogP) is 3.54. The molecule has 3 N–H and O–H groups in total. The zero-order valence-electron chi connectivity index (χ0n) is 16.7. The summed E-state index contributed by atoms with van der Waals surface area (Å²) in [6.45, 7) is 5.94. The van der Waals surface area contributed by atoms with E-state index in [-0.39, 0.29) is 29.1 Å². The molecule has 1 aromatic rings. The molecule has 27 heavy (non-hydrogen) atoms. The Bertz CT molecular complexity index is 676. The Labute approximate surface area is 162 Å². The molecule has 0 aliphatic heterocycles. The fourth-order valence-corrected chi connectivity index (χ4v) is 3.78. The summed E-state index contributed by atoms with van der Waals surface area (Å²) in [5, 5.41) is 3.06. The van der Waals surface area contributed by atoms with E-state index in [0.29, 0.717) is 19.6 Å². The van der Waals surface area contributed by atoms with E-state index in [9.17, 15) is 9.59 Å². The van der Waals surface area contributed by atoms with E-state index in [0.717, 1.165) is 49.8 Å². The van der Waals surface area contributed by atoms with E-state index in [1.165, 1.54) is 0 Å². The largest absolute Gasteiger partial charge is 0.338 e.